The van der Waals surface area contributed by atoms with E-state index in [1.54, 1.807) is 31.2 Å². The summed E-state index contributed by atoms with van der Waals surface area (Å²) in [6.07, 6.45) is -1.49. The molecule has 0 saturated carbocycles. The van der Waals surface area contributed by atoms with Crippen LogP contribution in [0, 0.1) is 17.0 Å². The Morgan fingerprint density at radius 1 is 1.17 bits per heavy atom. The van der Waals surface area contributed by atoms with Crippen molar-refractivity contribution in [1.29, 1.82) is 5.41 Å². The molecule has 4 N–H and O–H groups in total. The smallest absolute Gasteiger partial charge is 0.254 e. The van der Waals surface area contributed by atoms with Crippen molar-refractivity contribution in [2.45, 2.75) is 19.6 Å². The molecule has 0 aliphatic heterocycles. The van der Waals surface area contributed by atoms with Crippen molar-refractivity contribution in [2.24, 2.45) is 5.73 Å². The van der Waals surface area contributed by atoms with Gasteiger partial charge in [0.15, 0.2) is 17.7 Å². The lowest BCUT2D eigenvalue weighted by atomic mass is 10.1. The van der Waals surface area contributed by atoms with E-state index < -0.39 is 29.2 Å². The van der Waals surface area contributed by atoms with Gasteiger partial charge in [0.1, 0.15) is 18.3 Å². The van der Waals surface area contributed by atoms with Crippen LogP contribution < -0.4 is 15.8 Å². The summed E-state index contributed by atoms with van der Waals surface area (Å²) in [4.78, 5) is 12.7. The molecule has 9 heteroatoms. The van der Waals surface area contributed by atoms with Crippen LogP contribution in [-0.4, -0.2) is 38.7 Å². The molecule has 0 aromatic heterocycles. The number of nitrogens with one attached hydrogen (secondary N) is 2. The van der Waals surface area contributed by atoms with Crippen LogP contribution in [0.25, 0.3) is 0 Å². The van der Waals surface area contributed by atoms with Gasteiger partial charge in [0.25, 0.3) is 5.91 Å². The monoisotopic (exact) mass is 421 g/mol. The van der Waals surface area contributed by atoms with Gasteiger partial charge in [-0.1, -0.05) is 24.3 Å². The quantitative estimate of drug-likeness (QED) is 0.294. The average Bonchev–Trinajstić information content (AvgIpc) is 2.73. The maximum absolute atomic E-state index is 14.9. The van der Waals surface area contributed by atoms with E-state index in [9.17, 15) is 13.6 Å². The molecule has 2 aromatic carbocycles. The Kier molecular flexibility index (Phi) is 8.70. The number of hydrogen-bond donors (Lipinski definition) is 3. The molecule has 0 radical (unpaired) electrons. The van der Waals surface area contributed by atoms with Gasteiger partial charge in [-0.3, -0.25) is 10.2 Å². The second-order valence-electron chi connectivity index (χ2n) is 6.28. The molecule has 0 spiro atoms. The van der Waals surface area contributed by atoms with E-state index in [0.717, 1.165) is 17.7 Å². The van der Waals surface area contributed by atoms with Crippen LogP contribution in [0.2, 0.25) is 0 Å². The molecule has 2 aromatic rings. The third-order valence-electron chi connectivity index (χ3n) is 4.20. The number of hydrogen-bond acceptors (Lipinski definition) is 5. The highest BCUT2D eigenvalue weighted by Crippen LogP contribution is 2.30. The van der Waals surface area contributed by atoms with Crippen molar-refractivity contribution in [3.05, 3.63) is 64.7 Å². The molecule has 0 fully saturated rings. The van der Waals surface area contributed by atoms with Crippen molar-refractivity contribution in [3.63, 3.8) is 0 Å². The number of amides is 1. The van der Waals surface area contributed by atoms with Gasteiger partial charge in [0.05, 0.1) is 12.2 Å². The van der Waals surface area contributed by atoms with E-state index in [2.05, 4.69) is 5.32 Å². The Morgan fingerprint density at radius 3 is 2.47 bits per heavy atom. The Balaban J connectivity index is 2.18. The number of nitrogens with two attached hydrogens (primary N) is 1. The molecule has 2 rings (SSSR count). The van der Waals surface area contributed by atoms with Gasteiger partial charge < -0.3 is 25.3 Å². The third kappa shape index (κ3) is 5.98. The summed E-state index contributed by atoms with van der Waals surface area (Å²) in [5.41, 5.74) is 6.16. The van der Waals surface area contributed by atoms with Crippen molar-refractivity contribution < 1.29 is 27.8 Å². The van der Waals surface area contributed by atoms with Gasteiger partial charge >= 0.3 is 0 Å². The zero-order valence-electron chi connectivity index (χ0n) is 16.8. The Bertz CT molecular complexity index is 875. The molecule has 0 aliphatic rings. The predicted molar refractivity (Wildman–Crippen MR) is 107 cm³/mol. The summed E-state index contributed by atoms with van der Waals surface area (Å²) < 4.78 is 44.8. The summed E-state index contributed by atoms with van der Waals surface area (Å²) in [6.45, 7) is 2.09. The molecule has 1 amide bonds. The molecule has 162 valence electrons. The number of benzene rings is 2. The number of carbonyl (C=O) groups is 1. The van der Waals surface area contributed by atoms with E-state index in [0.29, 0.717) is 5.56 Å². The van der Waals surface area contributed by atoms with Crippen LogP contribution in [0.4, 0.5) is 8.78 Å². The zero-order valence-corrected chi connectivity index (χ0v) is 16.8. The number of carbonyl (C=O) groups excluding carboxylic acids is 1. The van der Waals surface area contributed by atoms with E-state index in [-0.39, 0.29) is 38.0 Å². The van der Waals surface area contributed by atoms with Crippen molar-refractivity contribution in [3.8, 4) is 5.75 Å². The molecular weight excluding hydrogens is 396 g/mol. The lowest BCUT2D eigenvalue weighted by Crippen LogP contribution is -2.32. The highest BCUT2D eigenvalue weighted by atomic mass is 19.1. The Morgan fingerprint density at radius 2 is 1.87 bits per heavy atom. The SMILES string of the molecule is CCOC(C(=O)NCc1ccc(C(=N)N)cc1)c1c(F)ccc(OCCOC)c1F. The number of rotatable bonds is 11. The first-order valence-corrected chi connectivity index (χ1v) is 9.31. The second kappa shape index (κ2) is 11.2. The van der Waals surface area contributed by atoms with Gasteiger partial charge in [-0.05, 0) is 24.6 Å². The van der Waals surface area contributed by atoms with Gasteiger partial charge in [0, 0.05) is 25.8 Å². The van der Waals surface area contributed by atoms with Crippen LogP contribution in [0.3, 0.4) is 0 Å². The lowest BCUT2D eigenvalue weighted by molar-refractivity contribution is -0.133. The summed E-state index contributed by atoms with van der Waals surface area (Å²) in [6, 6.07) is 8.85. The van der Waals surface area contributed by atoms with Crippen LogP contribution in [0.1, 0.15) is 29.7 Å². The summed E-state index contributed by atoms with van der Waals surface area (Å²) in [5.74, 6) is -2.86. The summed E-state index contributed by atoms with van der Waals surface area (Å²) >= 11 is 0. The van der Waals surface area contributed by atoms with Gasteiger partial charge in [0.2, 0.25) is 0 Å². The second-order valence-corrected chi connectivity index (χ2v) is 6.28. The number of amidine groups is 1. The number of methoxy groups -OCH3 is 1. The largest absolute Gasteiger partial charge is 0.488 e. The van der Waals surface area contributed by atoms with Crippen LogP contribution >= 0.6 is 0 Å². The minimum absolute atomic E-state index is 0.0685. The fraction of sp³-hybridized carbons (Fsp3) is 0.333. The first-order valence-electron chi connectivity index (χ1n) is 9.31. The lowest BCUT2D eigenvalue weighted by Gasteiger charge is -2.20. The van der Waals surface area contributed by atoms with Gasteiger partial charge in [-0.15, -0.1) is 0 Å². The van der Waals surface area contributed by atoms with E-state index in [4.69, 9.17) is 25.4 Å². The molecule has 7 nitrogen and oxygen atoms in total. The van der Waals surface area contributed by atoms with Gasteiger partial charge in [-0.2, -0.15) is 0 Å². The molecule has 1 unspecified atom stereocenters. The van der Waals surface area contributed by atoms with Crippen LogP contribution in [0.5, 0.6) is 5.75 Å². The van der Waals surface area contributed by atoms with Crippen LogP contribution in [0.15, 0.2) is 36.4 Å². The predicted octanol–water partition coefficient (Wildman–Crippen LogP) is 2.67. The Labute approximate surface area is 173 Å². The molecule has 30 heavy (non-hydrogen) atoms. The normalized spacial score (nSPS) is 11.7. The molecule has 0 saturated heterocycles. The average molecular weight is 421 g/mol. The summed E-state index contributed by atoms with van der Waals surface area (Å²) in [5, 5.41) is 10.0. The maximum atomic E-state index is 14.9. The molecule has 0 heterocycles. The number of ether oxygens (including phenoxy) is 3. The third-order valence-corrected chi connectivity index (χ3v) is 4.20. The molecule has 1 atom stereocenters. The number of nitrogen functional groups attached to an aromatic ring is 1. The topological polar surface area (TPSA) is 107 Å². The number of halogens is 2. The Hall–Kier alpha value is -3.04. The maximum Gasteiger partial charge on any atom is 0.254 e. The molecular formula is C21H25F2N3O4. The van der Waals surface area contributed by atoms with E-state index in [1.165, 1.54) is 7.11 Å². The van der Waals surface area contributed by atoms with E-state index in [1.807, 2.05) is 0 Å². The van der Waals surface area contributed by atoms with Crippen molar-refractivity contribution in [1.82, 2.24) is 5.32 Å². The highest BCUT2D eigenvalue weighted by molar-refractivity contribution is 5.94. The fourth-order valence-corrected chi connectivity index (χ4v) is 2.68. The standard InChI is InChI=1S/C21H25F2N3O4/c1-3-29-19(17-15(22)8-9-16(18(17)23)30-11-10-28-2)21(27)26-12-13-4-6-14(7-5-13)20(24)25/h4-9,19H,3,10-12H2,1-2H3,(H3,24,25)(H,26,27). The van der Waals surface area contributed by atoms with Crippen LogP contribution in [-0.2, 0) is 20.8 Å². The van der Waals surface area contributed by atoms with Crippen molar-refractivity contribution in [2.75, 3.05) is 26.9 Å². The minimum Gasteiger partial charge on any atom is -0.488 e. The van der Waals surface area contributed by atoms with Crippen molar-refractivity contribution >= 4 is 11.7 Å². The first kappa shape index (κ1) is 23.2. The minimum atomic E-state index is -1.49. The van der Waals surface area contributed by atoms with Gasteiger partial charge in [-0.25, -0.2) is 8.78 Å². The molecule has 0 aliphatic carbocycles. The highest BCUT2D eigenvalue weighted by Gasteiger charge is 2.29. The molecule has 0 bridgehead atoms. The van der Waals surface area contributed by atoms with E-state index >= 15 is 0 Å². The fourth-order valence-electron chi connectivity index (χ4n) is 2.68. The summed E-state index contributed by atoms with van der Waals surface area (Å²) in [7, 11) is 1.47. The zero-order chi connectivity index (χ0) is 22.1. The first-order chi connectivity index (χ1) is 14.4.